The van der Waals surface area contributed by atoms with Gasteiger partial charge in [0.15, 0.2) is 6.10 Å². The fraction of sp³-hybridized carbons (Fsp3) is 0.647. The fourth-order valence-corrected chi connectivity index (χ4v) is 3.34. The van der Waals surface area contributed by atoms with Gasteiger partial charge in [-0.2, -0.15) is 4.37 Å². The maximum atomic E-state index is 12.0. The van der Waals surface area contributed by atoms with E-state index in [0.29, 0.717) is 32.1 Å². The molecule has 1 unspecified atom stereocenters. The van der Waals surface area contributed by atoms with Gasteiger partial charge in [-0.3, -0.25) is 0 Å². The third-order valence-corrected chi connectivity index (χ3v) is 4.48. The Kier molecular flexibility index (Phi) is 6.36. The lowest BCUT2D eigenvalue weighted by Crippen LogP contribution is -2.66. The van der Waals surface area contributed by atoms with Gasteiger partial charge < -0.3 is 29.0 Å². The second-order valence-corrected chi connectivity index (χ2v) is 8.07. The van der Waals surface area contributed by atoms with Gasteiger partial charge in [-0.15, -0.1) is 4.37 Å². The van der Waals surface area contributed by atoms with Crippen molar-refractivity contribution in [1.82, 2.24) is 14.1 Å². The topological polar surface area (TPSA) is 132 Å². The summed E-state index contributed by atoms with van der Waals surface area (Å²) in [6.45, 7) is 7.34. The predicted octanol–water partition coefficient (Wildman–Crippen LogP) is -0.187. The Labute approximate surface area is 171 Å². The van der Waals surface area contributed by atoms with Gasteiger partial charge in [-0.05, 0) is 20.8 Å². The molecule has 1 atom stereocenters. The quantitative estimate of drug-likeness (QED) is 0.584. The molecule has 0 saturated carbocycles. The van der Waals surface area contributed by atoms with Crippen molar-refractivity contribution in [2.45, 2.75) is 38.3 Å². The average molecular weight is 428 g/mol. The summed E-state index contributed by atoms with van der Waals surface area (Å²) in [5.41, 5.74) is -0.674. The number of nitrogens with one attached hydrogen (secondary N) is 1. The van der Waals surface area contributed by atoms with Crippen LogP contribution in [-0.2, 0) is 23.8 Å². The Morgan fingerprint density at radius 1 is 1.24 bits per heavy atom. The zero-order chi connectivity index (χ0) is 21.1. The van der Waals surface area contributed by atoms with Crippen LogP contribution in [-0.4, -0.2) is 76.3 Å². The number of hydrogen-bond acceptors (Lipinski definition) is 12. The van der Waals surface area contributed by atoms with Crippen LogP contribution < -0.4 is 15.0 Å². The number of aliphatic hydroxyl groups excluding tert-OH is 1. The number of ether oxygens (including phenoxy) is 4. The maximum absolute atomic E-state index is 12.0. The number of cyclic esters (lactones) is 2. The minimum atomic E-state index is -2.13. The number of nitrogens with zero attached hydrogens (tertiary/aromatic N) is 3. The van der Waals surface area contributed by atoms with Gasteiger partial charge in [0, 0.05) is 30.8 Å². The molecule has 1 aromatic heterocycles. The van der Waals surface area contributed by atoms with Crippen LogP contribution in [0.3, 0.4) is 0 Å². The molecule has 12 heteroatoms. The van der Waals surface area contributed by atoms with Crippen molar-refractivity contribution in [3.8, 4) is 5.88 Å². The van der Waals surface area contributed by atoms with Crippen molar-refractivity contribution >= 4 is 29.5 Å². The van der Waals surface area contributed by atoms with E-state index in [0.717, 1.165) is 23.9 Å². The zero-order valence-corrected chi connectivity index (χ0v) is 17.2. The van der Waals surface area contributed by atoms with Gasteiger partial charge in [0.1, 0.15) is 6.61 Å². The highest BCUT2D eigenvalue weighted by Crippen LogP contribution is 2.28. The Balaban J connectivity index is 1.76. The second-order valence-electron chi connectivity index (χ2n) is 7.54. The first-order valence-electron chi connectivity index (χ1n) is 9.08. The molecule has 2 N–H and O–H groups in total. The van der Waals surface area contributed by atoms with Crippen molar-refractivity contribution in [3.63, 3.8) is 0 Å². The predicted molar refractivity (Wildman–Crippen MR) is 101 cm³/mol. The molecule has 0 radical (unpaired) electrons. The summed E-state index contributed by atoms with van der Waals surface area (Å²) >= 11 is 0.975. The van der Waals surface area contributed by atoms with E-state index in [1.807, 2.05) is 4.90 Å². The Morgan fingerprint density at radius 3 is 2.45 bits per heavy atom. The van der Waals surface area contributed by atoms with Crippen LogP contribution in [0.4, 0.5) is 5.82 Å². The number of rotatable bonds is 6. The molecule has 0 bridgehead atoms. The molecule has 3 rings (SSSR count). The summed E-state index contributed by atoms with van der Waals surface area (Å²) in [5.74, 6) is -3.03. The van der Waals surface area contributed by atoms with Crippen molar-refractivity contribution in [1.29, 1.82) is 0 Å². The number of aliphatic hydroxyl groups is 1. The molecule has 29 heavy (non-hydrogen) atoms. The van der Waals surface area contributed by atoms with Crippen LogP contribution in [0.2, 0.25) is 0 Å². The van der Waals surface area contributed by atoms with Crippen LogP contribution in [0.15, 0.2) is 12.2 Å². The summed E-state index contributed by atoms with van der Waals surface area (Å²) in [6.07, 6.45) is 0.319. The van der Waals surface area contributed by atoms with Crippen molar-refractivity contribution in [2.24, 2.45) is 0 Å². The van der Waals surface area contributed by atoms with E-state index in [4.69, 9.17) is 18.9 Å². The van der Waals surface area contributed by atoms with E-state index in [2.05, 4.69) is 14.1 Å². The number of carbonyl (C=O) groups excluding carboxylic acids is 2. The minimum absolute atomic E-state index is 0.228. The first kappa shape index (κ1) is 21.4. The lowest BCUT2D eigenvalue weighted by Gasteiger charge is -2.39. The van der Waals surface area contributed by atoms with Crippen LogP contribution in [0.1, 0.15) is 20.8 Å². The van der Waals surface area contributed by atoms with Gasteiger partial charge in [0.05, 0.1) is 24.9 Å². The van der Waals surface area contributed by atoms with Gasteiger partial charge >= 0.3 is 17.8 Å². The van der Waals surface area contributed by atoms with E-state index in [-0.39, 0.29) is 12.5 Å². The molecule has 1 saturated heterocycles. The molecule has 160 valence electrons. The van der Waals surface area contributed by atoms with E-state index in [1.165, 1.54) is 0 Å². The highest BCUT2D eigenvalue weighted by atomic mass is 32.1. The second kappa shape index (κ2) is 8.61. The molecule has 0 aliphatic carbocycles. The minimum Gasteiger partial charge on any atom is -0.471 e. The zero-order valence-electron chi connectivity index (χ0n) is 16.4. The van der Waals surface area contributed by atoms with Gasteiger partial charge in [-0.1, -0.05) is 0 Å². The molecule has 0 aromatic carbocycles. The third kappa shape index (κ3) is 5.41. The summed E-state index contributed by atoms with van der Waals surface area (Å²) in [6, 6.07) is 0. The molecule has 2 aliphatic heterocycles. The summed E-state index contributed by atoms with van der Waals surface area (Å²) in [4.78, 5) is 25.9. The van der Waals surface area contributed by atoms with Crippen molar-refractivity contribution in [2.75, 3.05) is 37.8 Å². The van der Waals surface area contributed by atoms with E-state index >= 15 is 0 Å². The van der Waals surface area contributed by atoms with Crippen LogP contribution >= 0.6 is 11.7 Å². The molecule has 3 heterocycles. The maximum Gasteiger partial charge on any atom is 0.349 e. The smallest absolute Gasteiger partial charge is 0.349 e. The normalized spacial score (nSPS) is 20.6. The molecular formula is C17H24N4O7S. The number of esters is 2. The molecule has 2 aliphatic rings. The third-order valence-electron chi connectivity index (χ3n) is 3.98. The number of hydrogen-bond donors (Lipinski definition) is 2. The van der Waals surface area contributed by atoms with Crippen molar-refractivity contribution in [3.05, 3.63) is 12.2 Å². The molecule has 1 fully saturated rings. The first-order valence-corrected chi connectivity index (χ1v) is 9.81. The summed E-state index contributed by atoms with van der Waals surface area (Å²) in [7, 11) is 0. The monoisotopic (exact) mass is 428 g/mol. The lowest BCUT2D eigenvalue weighted by atomic mass is 10.1. The van der Waals surface area contributed by atoms with E-state index < -0.39 is 29.5 Å². The Bertz CT molecular complexity index is 750. The molecule has 11 nitrogen and oxygen atoms in total. The Morgan fingerprint density at radius 2 is 1.86 bits per heavy atom. The molecule has 1 aromatic rings. The number of anilines is 1. The van der Waals surface area contributed by atoms with Gasteiger partial charge in [0.25, 0.3) is 5.88 Å². The molecule has 0 amide bonds. The highest BCUT2D eigenvalue weighted by molar-refractivity contribution is 6.99. The fourth-order valence-electron chi connectivity index (χ4n) is 2.82. The standard InChI is InChI=1S/C17H24N4O7S/c1-16(2,3)20-17(27-12(23)4-5-13(24)28-17)11(22)10-26-15-14(18-29-19-15)21-6-8-25-9-7-21/h4-5,11,20,22H,6-10H2,1-3H3. The highest BCUT2D eigenvalue weighted by Gasteiger charge is 2.50. The van der Waals surface area contributed by atoms with Gasteiger partial charge in [-0.25, -0.2) is 14.9 Å². The summed E-state index contributed by atoms with van der Waals surface area (Å²) < 4.78 is 29.9. The molecule has 0 spiro atoms. The summed E-state index contributed by atoms with van der Waals surface area (Å²) in [5, 5.41) is 13.7. The number of carbonyl (C=O) groups is 2. The van der Waals surface area contributed by atoms with E-state index in [1.54, 1.807) is 20.8 Å². The Hall–Kier alpha value is -2.28. The lowest BCUT2D eigenvalue weighted by molar-refractivity contribution is -0.278. The van der Waals surface area contributed by atoms with E-state index in [9.17, 15) is 14.7 Å². The largest absolute Gasteiger partial charge is 0.471 e. The SMILES string of the molecule is CC(C)(C)NC1(C(O)COc2nsnc2N2CCOCC2)OC(=O)C=CC(=O)O1. The van der Waals surface area contributed by atoms with Crippen molar-refractivity contribution < 1.29 is 33.6 Å². The average Bonchev–Trinajstić information content (AvgIpc) is 3.06. The number of aromatic nitrogens is 2. The number of morpholine rings is 1. The van der Waals surface area contributed by atoms with Crippen LogP contribution in [0.5, 0.6) is 5.88 Å². The van der Waals surface area contributed by atoms with Gasteiger partial charge in [0.2, 0.25) is 5.82 Å². The first-order chi connectivity index (χ1) is 13.7. The molecular weight excluding hydrogens is 404 g/mol. The van der Waals surface area contributed by atoms with Crippen LogP contribution in [0.25, 0.3) is 0 Å². The van der Waals surface area contributed by atoms with Crippen LogP contribution in [0, 0.1) is 0 Å².